The van der Waals surface area contributed by atoms with Gasteiger partial charge in [0.25, 0.3) is 0 Å². The van der Waals surface area contributed by atoms with Gasteiger partial charge in [0, 0.05) is 10.8 Å². The number of carbonyl (C=O) groups is 1. The Bertz CT molecular complexity index is 1210. The van der Waals surface area contributed by atoms with Crippen LogP contribution in [0.3, 0.4) is 0 Å². The van der Waals surface area contributed by atoms with Gasteiger partial charge in [-0.05, 0) is 45.8 Å². The highest BCUT2D eigenvalue weighted by molar-refractivity contribution is 6.24. The molecule has 0 N–H and O–H groups in total. The first-order valence-corrected chi connectivity index (χ1v) is 8.25. The number of carbonyl (C=O) groups excluding carboxylic acids is 1. The molecule has 0 spiro atoms. The minimum atomic E-state index is -0.337. The summed E-state index contributed by atoms with van der Waals surface area (Å²) >= 11 is 0. The van der Waals surface area contributed by atoms with Gasteiger partial charge in [0.1, 0.15) is 5.75 Å². The lowest BCUT2D eigenvalue weighted by atomic mass is 9.94. The highest BCUT2D eigenvalue weighted by Crippen LogP contribution is 2.38. The molecule has 0 aliphatic rings. The van der Waals surface area contributed by atoms with Gasteiger partial charge in [-0.2, -0.15) is 0 Å². The molecule has 25 heavy (non-hydrogen) atoms. The van der Waals surface area contributed by atoms with E-state index in [0.29, 0.717) is 11.3 Å². The van der Waals surface area contributed by atoms with Gasteiger partial charge in [0.2, 0.25) is 0 Å². The lowest BCUT2D eigenvalue weighted by Gasteiger charge is -2.13. The molecular weight excluding hydrogens is 308 g/mol. The van der Waals surface area contributed by atoms with E-state index in [1.807, 2.05) is 36.4 Å². The molecule has 0 fully saturated rings. The van der Waals surface area contributed by atoms with E-state index < -0.39 is 0 Å². The zero-order valence-corrected chi connectivity index (χ0v) is 13.4. The summed E-state index contributed by atoms with van der Waals surface area (Å²) in [5.41, 5.74) is 0.549. The number of esters is 1. The second-order valence-electron chi connectivity index (χ2n) is 6.18. The summed E-state index contributed by atoms with van der Waals surface area (Å²) in [7, 11) is 0. The first kappa shape index (κ1) is 14.0. The van der Waals surface area contributed by atoms with Crippen molar-refractivity contribution in [1.82, 2.24) is 0 Å². The molecule has 0 saturated heterocycles. The van der Waals surface area contributed by atoms with Gasteiger partial charge in [0.05, 0.1) is 5.56 Å². The van der Waals surface area contributed by atoms with Crippen LogP contribution in [0.15, 0.2) is 84.9 Å². The van der Waals surface area contributed by atoms with Crippen LogP contribution in [0.2, 0.25) is 0 Å². The first-order chi connectivity index (χ1) is 12.3. The monoisotopic (exact) mass is 322 g/mol. The minimum Gasteiger partial charge on any atom is -0.422 e. The average Bonchev–Trinajstić information content (AvgIpc) is 2.68. The van der Waals surface area contributed by atoms with Gasteiger partial charge >= 0.3 is 5.97 Å². The van der Waals surface area contributed by atoms with E-state index in [2.05, 4.69) is 36.4 Å². The Morgan fingerprint density at radius 2 is 1.24 bits per heavy atom. The number of hydrogen-bond donors (Lipinski definition) is 0. The molecule has 2 nitrogen and oxygen atoms in total. The molecule has 0 heterocycles. The summed E-state index contributed by atoms with van der Waals surface area (Å²) in [6, 6.07) is 27.6. The molecule has 0 aliphatic heterocycles. The van der Waals surface area contributed by atoms with Crippen LogP contribution < -0.4 is 4.74 Å². The van der Waals surface area contributed by atoms with Crippen LogP contribution in [0.4, 0.5) is 0 Å². The lowest BCUT2D eigenvalue weighted by Crippen LogP contribution is -2.08. The number of benzene rings is 5. The second-order valence-corrected chi connectivity index (χ2v) is 6.18. The largest absolute Gasteiger partial charge is 0.422 e. The van der Waals surface area contributed by atoms with Crippen LogP contribution >= 0.6 is 0 Å². The van der Waals surface area contributed by atoms with Gasteiger partial charge in [-0.25, -0.2) is 4.79 Å². The van der Waals surface area contributed by atoms with E-state index in [-0.39, 0.29) is 5.97 Å². The number of rotatable bonds is 2. The van der Waals surface area contributed by atoms with E-state index in [1.54, 1.807) is 12.1 Å². The molecule has 0 aromatic heterocycles. The molecule has 5 rings (SSSR count). The molecule has 2 heteroatoms. The van der Waals surface area contributed by atoms with Crippen molar-refractivity contribution in [2.45, 2.75) is 0 Å². The Labute approximate surface area is 144 Å². The molecule has 0 aliphatic carbocycles. The van der Waals surface area contributed by atoms with Crippen molar-refractivity contribution in [3.8, 4) is 5.75 Å². The van der Waals surface area contributed by atoms with E-state index in [4.69, 9.17) is 4.74 Å². The molecular formula is C23H14O2. The maximum absolute atomic E-state index is 12.5. The average molecular weight is 322 g/mol. The number of ether oxygens (including phenoxy) is 1. The van der Waals surface area contributed by atoms with Gasteiger partial charge < -0.3 is 4.74 Å². The molecule has 0 radical (unpaired) electrons. The molecule has 118 valence electrons. The maximum atomic E-state index is 12.5. The third-order valence-corrected chi connectivity index (χ3v) is 4.70. The zero-order valence-electron chi connectivity index (χ0n) is 13.4. The third kappa shape index (κ3) is 2.15. The molecule has 0 atom stereocenters. The minimum absolute atomic E-state index is 0.337. The Kier molecular flexibility index (Phi) is 2.98. The fraction of sp³-hybridized carbons (Fsp3) is 0. The fourth-order valence-electron chi connectivity index (χ4n) is 3.53. The van der Waals surface area contributed by atoms with Crippen LogP contribution in [0.5, 0.6) is 5.75 Å². The predicted octanol–water partition coefficient (Wildman–Crippen LogP) is 5.80. The van der Waals surface area contributed by atoms with Crippen molar-refractivity contribution >= 4 is 38.3 Å². The predicted molar refractivity (Wildman–Crippen MR) is 102 cm³/mol. The topological polar surface area (TPSA) is 26.3 Å². The highest BCUT2D eigenvalue weighted by Gasteiger charge is 2.14. The van der Waals surface area contributed by atoms with Crippen LogP contribution in [0, 0.1) is 0 Å². The standard InChI is InChI=1S/C23H14O2/c24-23(18-5-2-1-3-6-18)25-20-14-12-17-10-9-15-7-4-8-16-11-13-19(20)22(17)21(15)16/h1-14H. The first-order valence-electron chi connectivity index (χ1n) is 8.25. The Hall–Kier alpha value is -3.39. The van der Waals surface area contributed by atoms with E-state index in [1.165, 1.54) is 16.2 Å². The summed E-state index contributed by atoms with van der Waals surface area (Å²) in [6.07, 6.45) is 0. The van der Waals surface area contributed by atoms with E-state index >= 15 is 0 Å². The molecule has 5 aromatic carbocycles. The summed E-state index contributed by atoms with van der Waals surface area (Å²) in [4.78, 5) is 12.5. The van der Waals surface area contributed by atoms with Crippen molar-refractivity contribution in [3.05, 3.63) is 90.5 Å². The van der Waals surface area contributed by atoms with Gasteiger partial charge in [-0.15, -0.1) is 0 Å². The van der Waals surface area contributed by atoms with Crippen molar-refractivity contribution in [2.24, 2.45) is 0 Å². The highest BCUT2D eigenvalue weighted by atomic mass is 16.5. The smallest absolute Gasteiger partial charge is 0.343 e. The molecule has 0 bridgehead atoms. The van der Waals surface area contributed by atoms with Crippen molar-refractivity contribution in [2.75, 3.05) is 0 Å². The summed E-state index contributed by atoms with van der Waals surface area (Å²) in [5, 5.41) is 6.87. The van der Waals surface area contributed by atoms with Gasteiger partial charge in [-0.3, -0.25) is 0 Å². The normalized spacial score (nSPS) is 11.4. The van der Waals surface area contributed by atoms with Crippen molar-refractivity contribution in [1.29, 1.82) is 0 Å². The van der Waals surface area contributed by atoms with Gasteiger partial charge in [-0.1, -0.05) is 60.7 Å². The van der Waals surface area contributed by atoms with Gasteiger partial charge in [0.15, 0.2) is 0 Å². The van der Waals surface area contributed by atoms with Crippen LogP contribution in [0.25, 0.3) is 32.3 Å². The van der Waals surface area contributed by atoms with Crippen LogP contribution in [0.1, 0.15) is 10.4 Å². The summed E-state index contributed by atoms with van der Waals surface area (Å²) in [5.74, 6) is 0.259. The number of hydrogen-bond acceptors (Lipinski definition) is 2. The van der Waals surface area contributed by atoms with Crippen LogP contribution in [-0.2, 0) is 0 Å². The van der Waals surface area contributed by atoms with E-state index in [9.17, 15) is 4.79 Å². The molecule has 0 saturated carbocycles. The SMILES string of the molecule is O=C(Oc1ccc2ccc3cccc4ccc1c2c34)c1ccccc1. The summed E-state index contributed by atoms with van der Waals surface area (Å²) < 4.78 is 5.72. The third-order valence-electron chi connectivity index (χ3n) is 4.70. The van der Waals surface area contributed by atoms with Crippen molar-refractivity contribution in [3.63, 3.8) is 0 Å². The second kappa shape index (κ2) is 5.32. The lowest BCUT2D eigenvalue weighted by molar-refractivity contribution is 0.0737. The van der Waals surface area contributed by atoms with E-state index in [0.717, 1.165) is 16.2 Å². The molecule has 5 aromatic rings. The van der Waals surface area contributed by atoms with Crippen molar-refractivity contribution < 1.29 is 9.53 Å². The molecule has 0 amide bonds. The maximum Gasteiger partial charge on any atom is 0.343 e. The Morgan fingerprint density at radius 1 is 0.600 bits per heavy atom. The Balaban J connectivity index is 1.73. The van der Waals surface area contributed by atoms with Crippen LogP contribution in [-0.4, -0.2) is 5.97 Å². The summed E-state index contributed by atoms with van der Waals surface area (Å²) in [6.45, 7) is 0. The Morgan fingerprint density at radius 3 is 2.00 bits per heavy atom. The quantitative estimate of drug-likeness (QED) is 0.233. The zero-order chi connectivity index (χ0) is 16.8. The fourth-order valence-corrected chi connectivity index (χ4v) is 3.53. The molecule has 0 unspecified atom stereocenters.